The van der Waals surface area contributed by atoms with Crippen molar-refractivity contribution in [3.8, 4) is 16.9 Å². The Balaban J connectivity index is 1.64. The highest BCUT2D eigenvalue weighted by Gasteiger charge is 2.30. The van der Waals surface area contributed by atoms with Crippen LogP contribution >= 0.6 is 18.9 Å². The molecule has 1 aromatic heterocycles. The van der Waals surface area contributed by atoms with Gasteiger partial charge in [-0.3, -0.25) is 9.36 Å². The number of carbonyl (C=O) groups excluding carboxylic acids is 1. The first-order valence-electron chi connectivity index (χ1n) is 9.49. The average molecular weight is 450 g/mol. The van der Waals surface area contributed by atoms with Crippen molar-refractivity contribution in [2.24, 2.45) is 0 Å². The van der Waals surface area contributed by atoms with Gasteiger partial charge in [0.05, 0.1) is 9.75 Å². The summed E-state index contributed by atoms with van der Waals surface area (Å²) in [7, 11) is -4.84. The third kappa shape index (κ3) is 5.01. The van der Waals surface area contributed by atoms with Crippen LogP contribution in [0.2, 0.25) is 0 Å². The van der Waals surface area contributed by atoms with Crippen LogP contribution in [0.5, 0.6) is 5.75 Å². The molecule has 0 bridgehead atoms. The van der Waals surface area contributed by atoms with Gasteiger partial charge in [0.1, 0.15) is 5.75 Å². The Hall–Kier alpha value is -3.02. The molecule has 2 N–H and O–H groups in total. The Morgan fingerprint density at radius 2 is 1.35 bits per heavy atom. The van der Waals surface area contributed by atoms with Gasteiger partial charge in [-0.05, 0) is 41.0 Å². The van der Waals surface area contributed by atoms with Crippen molar-refractivity contribution < 1.29 is 23.9 Å². The lowest BCUT2D eigenvalue weighted by atomic mass is 10.1. The summed E-state index contributed by atoms with van der Waals surface area (Å²) < 4.78 is 17.6. The molecule has 31 heavy (non-hydrogen) atoms. The number of hydrogen-bond donors (Lipinski definition) is 2. The second kappa shape index (κ2) is 9.00. The third-order valence-corrected chi connectivity index (χ3v) is 6.73. The van der Waals surface area contributed by atoms with Crippen LogP contribution in [0.15, 0.2) is 97.1 Å². The van der Waals surface area contributed by atoms with E-state index in [2.05, 4.69) is 0 Å². The van der Waals surface area contributed by atoms with E-state index in [1.54, 1.807) is 6.07 Å². The van der Waals surface area contributed by atoms with E-state index in [0.29, 0.717) is 10.6 Å². The molecule has 0 fully saturated rings. The Labute approximate surface area is 183 Å². The van der Waals surface area contributed by atoms with Crippen molar-refractivity contribution in [1.29, 1.82) is 0 Å². The largest absolute Gasteiger partial charge is 0.480 e. The van der Waals surface area contributed by atoms with Crippen LogP contribution in [0.1, 0.15) is 26.2 Å². The number of rotatable bonds is 7. The van der Waals surface area contributed by atoms with Crippen LogP contribution in [-0.2, 0) is 4.57 Å². The van der Waals surface area contributed by atoms with E-state index in [4.69, 9.17) is 4.74 Å². The van der Waals surface area contributed by atoms with Crippen molar-refractivity contribution >= 4 is 24.5 Å². The molecule has 0 amide bonds. The molecule has 0 saturated heterocycles. The molecule has 1 unspecified atom stereocenters. The summed E-state index contributed by atoms with van der Waals surface area (Å²) in [5.41, 5.74) is 1.86. The summed E-state index contributed by atoms with van der Waals surface area (Å²) in [5, 5.41) is 0. The summed E-state index contributed by atoms with van der Waals surface area (Å²) in [5.74, 6) is 0.643. The number of carbonyl (C=O) groups is 1. The number of thiophene rings is 1. The Bertz CT molecular complexity index is 1210. The maximum absolute atomic E-state index is 12.0. The maximum Gasteiger partial charge on any atom is 0.397 e. The molecular formula is C24H19O5PS. The quantitative estimate of drug-likeness (QED) is 0.343. The molecule has 156 valence electrons. The summed E-state index contributed by atoms with van der Waals surface area (Å²) in [6.45, 7) is 0. The van der Waals surface area contributed by atoms with Gasteiger partial charge in [-0.2, -0.15) is 0 Å². The van der Waals surface area contributed by atoms with Gasteiger partial charge in [0.25, 0.3) is 5.52 Å². The second-order valence-electron chi connectivity index (χ2n) is 6.85. The van der Waals surface area contributed by atoms with Crippen molar-refractivity contribution in [2.45, 2.75) is 6.10 Å². The number of hydrogen-bond acceptors (Lipinski definition) is 4. The van der Waals surface area contributed by atoms with Crippen molar-refractivity contribution in [3.63, 3.8) is 0 Å². The first-order valence-corrected chi connectivity index (χ1v) is 11.9. The minimum atomic E-state index is -4.84. The van der Waals surface area contributed by atoms with Crippen LogP contribution in [0.25, 0.3) is 11.1 Å². The van der Waals surface area contributed by atoms with Crippen LogP contribution in [0.4, 0.5) is 0 Å². The van der Waals surface area contributed by atoms with Gasteiger partial charge in [0.2, 0.25) is 0 Å². The predicted molar refractivity (Wildman–Crippen MR) is 121 cm³/mol. The van der Waals surface area contributed by atoms with Gasteiger partial charge in [0.15, 0.2) is 6.10 Å². The molecule has 0 spiro atoms. The fourth-order valence-corrected chi connectivity index (χ4v) is 4.92. The van der Waals surface area contributed by atoms with E-state index in [1.165, 1.54) is 6.07 Å². The molecule has 4 rings (SSSR count). The molecule has 5 nitrogen and oxygen atoms in total. The molecule has 0 aliphatic rings. The summed E-state index contributed by atoms with van der Waals surface area (Å²) in [6, 6.07) is 30.3. The molecule has 7 heteroatoms. The van der Waals surface area contributed by atoms with E-state index in [-0.39, 0.29) is 4.88 Å². The van der Waals surface area contributed by atoms with E-state index in [0.717, 1.165) is 28.0 Å². The summed E-state index contributed by atoms with van der Waals surface area (Å²) in [6.07, 6.45) is -0.521. The zero-order chi connectivity index (χ0) is 21.8. The van der Waals surface area contributed by atoms with E-state index in [1.807, 2.05) is 84.9 Å². The van der Waals surface area contributed by atoms with Gasteiger partial charge in [-0.25, -0.2) is 0 Å². The van der Waals surface area contributed by atoms with Gasteiger partial charge in [0, 0.05) is 0 Å². The fraction of sp³-hybridized carbons (Fsp3) is 0.0417. The molecule has 0 saturated carbocycles. The van der Waals surface area contributed by atoms with Crippen LogP contribution < -0.4 is 4.74 Å². The minimum absolute atomic E-state index is 0.00675. The molecule has 4 aromatic rings. The molecule has 0 aliphatic heterocycles. The van der Waals surface area contributed by atoms with E-state index < -0.39 is 19.2 Å². The zero-order valence-electron chi connectivity index (χ0n) is 16.3. The molecular weight excluding hydrogens is 431 g/mol. The molecule has 0 aliphatic carbocycles. The zero-order valence-corrected chi connectivity index (χ0v) is 18.0. The molecule has 3 aromatic carbocycles. The number of ether oxygens (including phenoxy) is 1. The minimum Gasteiger partial charge on any atom is -0.480 e. The van der Waals surface area contributed by atoms with Crippen molar-refractivity contribution in [3.05, 3.63) is 112 Å². The van der Waals surface area contributed by atoms with Gasteiger partial charge in [-0.1, -0.05) is 72.8 Å². The Kier molecular flexibility index (Phi) is 6.16. The lowest BCUT2D eigenvalue weighted by Crippen LogP contribution is -2.07. The highest BCUT2D eigenvalue weighted by molar-refractivity contribution is 7.71. The Morgan fingerprint density at radius 1 is 0.774 bits per heavy atom. The van der Waals surface area contributed by atoms with E-state index >= 15 is 0 Å². The smallest absolute Gasteiger partial charge is 0.397 e. The summed E-state index contributed by atoms with van der Waals surface area (Å²) in [4.78, 5) is 31.1. The van der Waals surface area contributed by atoms with Gasteiger partial charge < -0.3 is 14.5 Å². The van der Waals surface area contributed by atoms with Crippen molar-refractivity contribution in [2.75, 3.05) is 0 Å². The SMILES string of the molecule is O=C(c1ccc(C(Oc2ccc(-c3ccccc3)cc2)c2ccccc2)s1)P(=O)(O)O. The standard InChI is InChI=1S/C24H19O5PS/c25-24(30(26,27)28)22-16-15-21(31-22)23(19-9-5-2-6-10-19)29-20-13-11-18(12-14-20)17-7-3-1-4-8-17/h1-16,23H,(H2,26,27,28). The molecule has 1 atom stereocenters. The van der Waals surface area contributed by atoms with Gasteiger partial charge >= 0.3 is 7.60 Å². The fourth-order valence-electron chi connectivity index (χ4n) is 3.16. The third-order valence-electron chi connectivity index (χ3n) is 4.68. The highest BCUT2D eigenvalue weighted by Crippen LogP contribution is 2.42. The Morgan fingerprint density at radius 3 is 1.97 bits per heavy atom. The second-order valence-corrected chi connectivity index (χ2v) is 9.46. The predicted octanol–water partition coefficient (Wildman–Crippen LogP) is 5.90. The maximum atomic E-state index is 12.0. The topological polar surface area (TPSA) is 83.8 Å². The summed E-state index contributed by atoms with van der Waals surface area (Å²) >= 11 is 1.02. The monoisotopic (exact) mass is 450 g/mol. The average Bonchev–Trinajstić information content (AvgIpc) is 3.27. The lowest BCUT2D eigenvalue weighted by Gasteiger charge is -2.19. The van der Waals surface area contributed by atoms with Crippen LogP contribution in [0.3, 0.4) is 0 Å². The van der Waals surface area contributed by atoms with Crippen LogP contribution in [-0.4, -0.2) is 15.3 Å². The highest BCUT2D eigenvalue weighted by atomic mass is 32.1. The van der Waals surface area contributed by atoms with Gasteiger partial charge in [-0.15, -0.1) is 11.3 Å². The molecule has 0 radical (unpaired) electrons. The molecule has 1 heterocycles. The van der Waals surface area contributed by atoms with Crippen LogP contribution in [0, 0.1) is 0 Å². The number of benzene rings is 3. The van der Waals surface area contributed by atoms with E-state index in [9.17, 15) is 19.1 Å². The first kappa shape index (κ1) is 21.2. The van der Waals surface area contributed by atoms with Crippen molar-refractivity contribution in [1.82, 2.24) is 0 Å². The first-order chi connectivity index (χ1) is 14.9. The lowest BCUT2D eigenvalue weighted by molar-refractivity contribution is 0.104. The normalized spacial score (nSPS) is 12.3.